The van der Waals surface area contributed by atoms with Crippen molar-refractivity contribution in [2.45, 2.75) is 26.4 Å². The highest BCUT2D eigenvalue weighted by Crippen LogP contribution is 2.29. The van der Waals surface area contributed by atoms with Gasteiger partial charge in [-0.1, -0.05) is 0 Å². The number of imidazole rings is 1. The van der Waals surface area contributed by atoms with E-state index in [0.717, 1.165) is 35.1 Å². The second kappa shape index (κ2) is 6.43. The molecule has 0 aliphatic carbocycles. The fourth-order valence-electron chi connectivity index (χ4n) is 2.11. The van der Waals surface area contributed by atoms with E-state index in [1.807, 2.05) is 31.3 Å². The Bertz CT molecular complexity index is 566. The fourth-order valence-corrected chi connectivity index (χ4v) is 2.11. The van der Waals surface area contributed by atoms with Crippen molar-refractivity contribution in [3.63, 3.8) is 0 Å². The Hall–Kier alpha value is -2.01. The normalized spacial score (nSPS) is 12.2. The summed E-state index contributed by atoms with van der Waals surface area (Å²) in [5.74, 6) is 2.60. The first-order chi connectivity index (χ1) is 9.63. The van der Waals surface area contributed by atoms with Crippen LogP contribution < -0.4 is 14.8 Å². The lowest BCUT2D eigenvalue weighted by atomic mass is 10.1. The van der Waals surface area contributed by atoms with Crippen LogP contribution in [0, 0.1) is 6.92 Å². The molecule has 2 rings (SSSR count). The number of ether oxygens (including phenoxy) is 2. The number of aromatic amines is 1. The average Bonchev–Trinajstić information content (AvgIpc) is 2.89. The number of rotatable bonds is 6. The van der Waals surface area contributed by atoms with E-state index in [2.05, 4.69) is 22.2 Å². The summed E-state index contributed by atoms with van der Waals surface area (Å²) in [7, 11) is 3.34. The molecule has 0 aliphatic rings. The van der Waals surface area contributed by atoms with Crippen LogP contribution in [-0.4, -0.2) is 24.2 Å². The molecule has 0 saturated heterocycles. The van der Waals surface area contributed by atoms with Crippen molar-refractivity contribution >= 4 is 0 Å². The van der Waals surface area contributed by atoms with Crippen LogP contribution in [0.3, 0.4) is 0 Å². The number of hydrogen-bond acceptors (Lipinski definition) is 4. The number of hydrogen-bond donors (Lipinski definition) is 2. The molecule has 0 bridgehead atoms. The SMILES string of the molecule is COc1ccc(OC)c(C(C)NCc2cnc(C)[nH]2)c1. The highest BCUT2D eigenvalue weighted by Gasteiger charge is 2.12. The van der Waals surface area contributed by atoms with Gasteiger partial charge in [-0.15, -0.1) is 0 Å². The van der Waals surface area contributed by atoms with E-state index in [4.69, 9.17) is 9.47 Å². The van der Waals surface area contributed by atoms with E-state index in [-0.39, 0.29) is 6.04 Å². The van der Waals surface area contributed by atoms with E-state index >= 15 is 0 Å². The minimum atomic E-state index is 0.142. The molecule has 2 aromatic rings. The number of nitrogens with one attached hydrogen (secondary N) is 2. The molecule has 0 fully saturated rings. The topological polar surface area (TPSA) is 59.2 Å². The van der Waals surface area contributed by atoms with Gasteiger partial charge in [-0.25, -0.2) is 4.98 Å². The third-order valence-electron chi connectivity index (χ3n) is 3.26. The standard InChI is InChI=1S/C15H21N3O2/c1-10(16-8-12-9-17-11(2)18-12)14-7-13(19-3)5-6-15(14)20-4/h5-7,9-10,16H,8H2,1-4H3,(H,17,18). The molecule has 5 heteroatoms. The first-order valence-corrected chi connectivity index (χ1v) is 6.60. The molecule has 0 amide bonds. The van der Waals surface area contributed by atoms with E-state index < -0.39 is 0 Å². The van der Waals surface area contributed by atoms with Gasteiger partial charge in [-0.05, 0) is 32.0 Å². The third kappa shape index (κ3) is 3.30. The van der Waals surface area contributed by atoms with Crippen LogP contribution in [0.1, 0.15) is 30.0 Å². The van der Waals surface area contributed by atoms with Crippen LogP contribution in [0.4, 0.5) is 0 Å². The summed E-state index contributed by atoms with van der Waals surface area (Å²) in [6.07, 6.45) is 1.85. The molecule has 0 spiro atoms. The molecule has 20 heavy (non-hydrogen) atoms. The molecule has 5 nitrogen and oxygen atoms in total. The largest absolute Gasteiger partial charge is 0.497 e. The third-order valence-corrected chi connectivity index (χ3v) is 3.26. The van der Waals surface area contributed by atoms with Crippen molar-refractivity contribution in [1.29, 1.82) is 0 Å². The van der Waals surface area contributed by atoms with Gasteiger partial charge in [0.25, 0.3) is 0 Å². The van der Waals surface area contributed by atoms with Gasteiger partial charge in [0.15, 0.2) is 0 Å². The van der Waals surface area contributed by atoms with Gasteiger partial charge in [0.1, 0.15) is 17.3 Å². The molecular weight excluding hydrogens is 254 g/mol. The first kappa shape index (κ1) is 14.4. The predicted octanol–water partition coefficient (Wildman–Crippen LogP) is 2.59. The minimum absolute atomic E-state index is 0.142. The summed E-state index contributed by atoms with van der Waals surface area (Å²) < 4.78 is 10.7. The van der Waals surface area contributed by atoms with E-state index in [1.54, 1.807) is 14.2 Å². The van der Waals surface area contributed by atoms with Crippen molar-refractivity contribution in [3.8, 4) is 11.5 Å². The summed E-state index contributed by atoms with van der Waals surface area (Å²) >= 11 is 0. The zero-order chi connectivity index (χ0) is 14.5. The molecule has 108 valence electrons. The maximum atomic E-state index is 5.41. The molecule has 1 unspecified atom stereocenters. The second-order valence-corrected chi connectivity index (χ2v) is 4.70. The number of benzene rings is 1. The Kier molecular flexibility index (Phi) is 4.63. The van der Waals surface area contributed by atoms with Crippen LogP contribution in [0.15, 0.2) is 24.4 Å². The van der Waals surface area contributed by atoms with Gasteiger partial charge < -0.3 is 19.8 Å². The molecule has 0 radical (unpaired) electrons. The molecule has 2 N–H and O–H groups in total. The second-order valence-electron chi connectivity index (χ2n) is 4.70. The molecule has 1 aromatic carbocycles. The zero-order valence-corrected chi connectivity index (χ0v) is 12.4. The van der Waals surface area contributed by atoms with E-state index in [0.29, 0.717) is 0 Å². The molecule has 1 heterocycles. The Morgan fingerprint density at radius 1 is 1.30 bits per heavy atom. The van der Waals surface area contributed by atoms with Gasteiger partial charge in [-0.2, -0.15) is 0 Å². The molecule has 0 saturated carbocycles. The highest BCUT2D eigenvalue weighted by atomic mass is 16.5. The molecule has 1 aromatic heterocycles. The van der Waals surface area contributed by atoms with Crippen LogP contribution in [-0.2, 0) is 6.54 Å². The lowest BCUT2D eigenvalue weighted by Gasteiger charge is -2.18. The van der Waals surface area contributed by atoms with Gasteiger partial charge in [0, 0.05) is 30.0 Å². The summed E-state index contributed by atoms with van der Waals surface area (Å²) in [6.45, 7) is 4.76. The lowest BCUT2D eigenvalue weighted by molar-refractivity contribution is 0.391. The van der Waals surface area contributed by atoms with Crippen molar-refractivity contribution in [3.05, 3.63) is 41.5 Å². The van der Waals surface area contributed by atoms with Crippen molar-refractivity contribution in [2.75, 3.05) is 14.2 Å². The van der Waals surface area contributed by atoms with Crippen LogP contribution in [0.2, 0.25) is 0 Å². The molecule has 1 atom stereocenters. The Morgan fingerprint density at radius 2 is 2.10 bits per heavy atom. The summed E-state index contributed by atoms with van der Waals surface area (Å²) in [4.78, 5) is 7.39. The Balaban J connectivity index is 2.09. The van der Waals surface area contributed by atoms with Crippen LogP contribution in [0.25, 0.3) is 0 Å². The smallest absolute Gasteiger partial charge is 0.123 e. The van der Waals surface area contributed by atoms with Crippen LogP contribution >= 0.6 is 0 Å². The quantitative estimate of drug-likeness (QED) is 0.850. The number of methoxy groups -OCH3 is 2. The number of H-pyrrole nitrogens is 1. The van der Waals surface area contributed by atoms with Gasteiger partial charge >= 0.3 is 0 Å². The zero-order valence-electron chi connectivity index (χ0n) is 12.4. The number of aryl methyl sites for hydroxylation is 1. The Morgan fingerprint density at radius 3 is 2.70 bits per heavy atom. The predicted molar refractivity (Wildman–Crippen MR) is 78.1 cm³/mol. The molecule has 0 aliphatic heterocycles. The number of nitrogens with zero attached hydrogens (tertiary/aromatic N) is 1. The van der Waals surface area contributed by atoms with Gasteiger partial charge in [0.2, 0.25) is 0 Å². The highest BCUT2D eigenvalue weighted by molar-refractivity contribution is 5.42. The fraction of sp³-hybridized carbons (Fsp3) is 0.400. The van der Waals surface area contributed by atoms with E-state index in [9.17, 15) is 0 Å². The monoisotopic (exact) mass is 275 g/mol. The Labute approximate surface area is 119 Å². The number of aromatic nitrogens is 2. The van der Waals surface area contributed by atoms with E-state index in [1.165, 1.54) is 0 Å². The lowest BCUT2D eigenvalue weighted by Crippen LogP contribution is -2.19. The van der Waals surface area contributed by atoms with Crippen molar-refractivity contribution < 1.29 is 9.47 Å². The van der Waals surface area contributed by atoms with Crippen molar-refractivity contribution in [2.24, 2.45) is 0 Å². The van der Waals surface area contributed by atoms with Crippen molar-refractivity contribution in [1.82, 2.24) is 15.3 Å². The minimum Gasteiger partial charge on any atom is -0.497 e. The summed E-state index contributed by atoms with van der Waals surface area (Å²) in [6, 6.07) is 5.96. The van der Waals surface area contributed by atoms with Crippen LogP contribution in [0.5, 0.6) is 11.5 Å². The van der Waals surface area contributed by atoms with Gasteiger partial charge in [-0.3, -0.25) is 0 Å². The summed E-state index contributed by atoms with van der Waals surface area (Å²) in [5.41, 5.74) is 2.14. The maximum Gasteiger partial charge on any atom is 0.123 e. The summed E-state index contributed by atoms with van der Waals surface area (Å²) in [5, 5.41) is 3.45. The maximum absolute atomic E-state index is 5.41. The first-order valence-electron chi connectivity index (χ1n) is 6.60. The average molecular weight is 275 g/mol. The van der Waals surface area contributed by atoms with Gasteiger partial charge in [0.05, 0.1) is 14.2 Å². The molecular formula is C15H21N3O2.